The molecule has 0 unspecified atom stereocenters. The second-order valence-corrected chi connectivity index (χ2v) is 4.03. The Hall–Kier alpha value is -2.74. The Morgan fingerprint density at radius 2 is 1.70 bits per heavy atom. The zero-order chi connectivity index (χ0) is 14.5. The van der Waals surface area contributed by atoms with Crippen LogP contribution in [0.5, 0.6) is 11.5 Å². The molecule has 0 atom stereocenters. The molecule has 0 aliphatic carbocycles. The summed E-state index contributed by atoms with van der Waals surface area (Å²) in [6, 6.07) is 11.3. The first kappa shape index (κ1) is 13.7. The summed E-state index contributed by atoms with van der Waals surface area (Å²) in [7, 11) is 3.09. The van der Waals surface area contributed by atoms with Crippen LogP contribution in [0, 0.1) is 17.1 Å². The molecule has 4 nitrogen and oxygen atoms in total. The van der Waals surface area contributed by atoms with E-state index >= 15 is 0 Å². The lowest BCUT2D eigenvalue weighted by Gasteiger charge is -2.11. The fraction of sp³-hybridized carbons (Fsp3) is 0.133. The average Bonchev–Trinajstić information content (AvgIpc) is 2.48. The molecule has 1 N–H and O–H groups in total. The molecule has 0 aromatic heterocycles. The van der Waals surface area contributed by atoms with Gasteiger partial charge in [0.2, 0.25) is 0 Å². The van der Waals surface area contributed by atoms with E-state index in [2.05, 4.69) is 5.32 Å². The minimum absolute atomic E-state index is 0.274. The van der Waals surface area contributed by atoms with Gasteiger partial charge in [0.25, 0.3) is 0 Å². The van der Waals surface area contributed by atoms with Crippen molar-refractivity contribution in [1.29, 1.82) is 5.26 Å². The third kappa shape index (κ3) is 2.98. The molecule has 0 fully saturated rings. The molecule has 0 spiro atoms. The smallest absolute Gasteiger partial charge is 0.147 e. The van der Waals surface area contributed by atoms with Gasteiger partial charge in [0.1, 0.15) is 17.3 Å². The molecule has 5 heteroatoms. The third-order valence-electron chi connectivity index (χ3n) is 2.73. The molecule has 0 bridgehead atoms. The van der Waals surface area contributed by atoms with Crippen LogP contribution >= 0.6 is 0 Å². The van der Waals surface area contributed by atoms with Crippen molar-refractivity contribution in [1.82, 2.24) is 0 Å². The van der Waals surface area contributed by atoms with Crippen molar-refractivity contribution in [3.8, 4) is 17.6 Å². The largest absolute Gasteiger partial charge is 0.497 e. The van der Waals surface area contributed by atoms with E-state index in [1.165, 1.54) is 12.1 Å². The van der Waals surface area contributed by atoms with Gasteiger partial charge >= 0.3 is 0 Å². The van der Waals surface area contributed by atoms with Gasteiger partial charge in [-0.1, -0.05) is 0 Å². The Bertz CT molecular complexity index is 643. The van der Waals surface area contributed by atoms with Crippen LogP contribution in [0.15, 0.2) is 36.4 Å². The Balaban J connectivity index is 2.32. The molecule has 20 heavy (non-hydrogen) atoms. The highest BCUT2D eigenvalue weighted by Gasteiger charge is 2.06. The van der Waals surface area contributed by atoms with Gasteiger partial charge in [-0.3, -0.25) is 0 Å². The highest BCUT2D eigenvalue weighted by Crippen LogP contribution is 2.29. The molecule has 0 heterocycles. The Kier molecular flexibility index (Phi) is 4.06. The number of rotatable bonds is 4. The maximum atomic E-state index is 13.8. The van der Waals surface area contributed by atoms with Crippen molar-refractivity contribution in [2.45, 2.75) is 0 Å². The minimum Gasteiger partial charge on any atom is -0.497 e. The summed E-state index contributed by atoms with van der Waals surface area (Å²) in [6.45, 7) is 0. The number of benzene rings is 2. The van der Waals surface area contributed by atoms with Gasteiger partial charge in [0.05, 0.1) is 31.5 Å². The number of nitriles is 1. The quantitative estimate of drug-likeness (QED) is 0.926. The average molecular weight is 272 g/mol. The number of halogens is 1. The van der Waals surface area contributed by atoms with Crippen molar-refractivity contribution in [2.24, 2.45) is 0 Å². The standard InChI is InChI=1S/C15H13FN2O2/c1-19-12-6-11(7-13(8-12)20-2)18-15-4-3-10(9-17)5-14(15)16/h3-8,18H,1-2H3. The number of ether oxygens (including phenoxy) is 2. The highest BCUT2D eigenvalue weighted by atomic mass is 19.1. The van der Waals surface area contributed by atoms with E-state index in [9.17, 15) is 4.39 Å². The summed E-state index contributed by atoms with van der Waals surface area (Å²) in [5.74, 6) is 0.702. The Labute approximate surface area is 116 Å². The SMILES string of the molecule is COc1cc(Nc2ccc(C#N)cc2F)cc(OC)c1. The summed E-state index contributed by atoms with van der Waals surface area (Å²) in [4.78, 5) is 0. The fourth-order valence-corrected chi connectivity index (χ4v) is 1.72. The van der Waals surface area contributed by atoms with E-state index in [-0.39, 0.29) is 11.3 Å². The van der Waals surface area contributed by atoms with E-state index in [4.69, 9.17) is 14.7 Å². The maximum Gasteiger partial charge on any atom is 0.147 e. The van der Waals surface area contributed by atoms with Gasteiger partial charge in [-0.05, 0) is 18.2 Å². The van der Waals surface area contributed by atoms with Gasteiger partial charge in [0, 0.05) is 23.9 Å². The van der Waals surface area contributed by atoms with E-state index in [0.29, 0.717) is 17.2 Å². The molecule has 0 aliphatic heterocycles. The van der Waals surface area contributed by atoms with Crippen LogP contribution in [0.2, 0.25) is 0 Å². The maximum absolute atomic E-state index is 13.8. The number of nitrogens with zero attached hydrogens (tertiary/aromatic N) is 1. The van der Waals surface area contributed by atoms with Crippen molar-refractivity contribution in [3.63, 3.8) is 0 Å². The molecule has 0 saturated heterocycles. The molecule has 2 aromatic carbocycles. The summed E-state index contributed by atoms with van der Waals surface area (Å²) >= 11 is 0. The van der Waals surface area contributed by atoms with Crippen LogP contribution in [0.25, 0.3) is 0 Å². The normalized spacial score (nSPS) is 9.70. The first-order valence-electron chi connectivity index (χ1n) is 5.86. The van der Waals surface area contributed by atoms with Gasteiger partial charge < -0.3 is 14.8 Å². The van der Waals surface area contributed by atoms with Crippen LogP contribution in [0.4, 0.5) is 15.8 Å². The summed E-state index contributed by atoms with van der Waals surface area (Å²) in [6.07, 6.45) is 0. The Morgan fingerprint density at radius 3 is 2.20 bits per heavy atom. The number of methoxy groups -OCH3 is 2. The lowest BCUT2D eigenvalue weighted by atomic mass is 10.2. The number of anilines is 2. The van der Waals surface area contributed by atoms with E-state index in [0.717, 1.165) is 0 Å². The topological polar surface area (TPSA) is 54.3 Å². The number of hydrogen-bond acceptors (Lipinski definition) is 4. The van der Waals surface area contributed by atoms with Crippen LogP contribution in [-0.4, -0.2) is 14.2 Å². The summed E-state index contributed by atoms with van der Waals surface area (Å²) in [5.41, 5.74) is 1.18. The predicted octanol–water partition coefficient (Wildman–Crippen LogP) is 3.46. The van der Waals surface area contributed by atoms with Gasteiger partial charge in [-0.15, -0.1) is 0 Å². The number of hydrogen-bond donors (Lipinski definition) is 1. The van der Waals surface area contributed by atoms with Gasteiger partial charge in [-0.2, -0.15) is 5.26 Å². The zero-order valence-electron chi connectivity index (χ0n) is 11.1. The lowest BCUT2D eigenvalue weighted by molar-refractivity contribution is 0.395. The molecule has 0 amide bonds. The second-order valence-electron chi connectivity index (χ2n) is 4.03. The monoisotopic (exact) mass is 272 g/mol. The van der Waals surface area contributed by atoms with Crippen molar-refractivity contribution in [3.05, 3.63) is 47.8 Å². The van der Waals surface area contributed by atoms with Gasteiger partial charge in [-0.25, -0.2) is 4.39 Å². The van der Waals surface area contributed by atoms with E-state index in [1.807, 2.05) is 6.07 Å². The predicted molar refractivity (Wildman–Crippen MR) is 73.9 cm³/mol. The van der Waals surface area contributed by atoms with Crippen molar-refractivity contribution >= 4 is 11.4 Å². The highest BCUT2D eigenvalue weighted by molar-refractivity contribution is 5.64. The molecule has 102 valence electrons. The first-order chi connectivity index (χ1) is 9.66. The van der Waals surface area contributed by atoms with E-state index < -0.39 is 5.82 Å². The Morgan fingerprint density at radius 1 is 1.05 bits per heavy atom. The lowest BCUT2D eigenvalue weighted by Crippen LogP contribution is -1.96. The zero-order valence-corrected chi connectivity index (χ0v) is 11.1. The molecule has 0 aliphatic rings. The fourth-order valence-electron chi connectivity index (χ4n) is 1.72. The first-order valence-corrected chi connectivity index (χ1v) is 5.86. The van der Waals surface area contributed by atoms with Gasteiger partial charge in [0.15, 0.2) is 0 Å². The molecule has 0 saturated carbocycles. The van der Waals surface area contributed by atoms with Crippen LogP contribution in [-0.2, 0) is 0 Å². The minimum atomic E-state index is -0.495. The molecule has 2 rings (SSSR count). The molecular formula is C15H13FN2O2. The van der Waals surface area contributed by atoms with Crippen molar-refractivity contribution in [2.75, 3.05) is 19.5 Å². The summed E-state index contributed by atoms with van der Waals surface area (Å²) < 4.78 is 24.1. The van der Waals surface area contributed by atoms with Crippen LogP contribution in [0.1, 0.15) is 5.56 Å². The van der Waals surface area contributed by atoms with E-state index in [1.54, 1.807) is 38.5 Å². The summed E-state index contributed by atoms with van der Waals surface area (Å²) in [5, 5.41) is 11.6. The number of nitrogens with one attached hydrogen (secondary N) is 1. The molecular weight excluding hydrogens is 259 g/mol. The van der Waals surface area contributed by atoms with Crippen LogP contribution in [0.3, 0.4) is 0 Å². The second kappa shape index (κ2) is 5.93. The third-order valence-corrected chi connectivity index (χ3v) is 2.73. The molecule has 0 radical (unpaired) electrons. The van der Waals surface area contributed by atoms with Crippen LogP contribution < -0.4 is 14.8 Å². The molecule has 2 aromatic rings. The van der Waals surface area contributed by atoms with Crippen molar-refractivity contribution < 1.29 is 13.9 Å².